The summed E-state index contributed by atoms with van der Waals surface area (Å²) in [6.07, 6.45) is 1.95. The van der Waals surface area contributed by atoms with Gasteiger partial charge in [0.25, 0.3) is 0 Å². The first-order valence-corrected chi connectivity index (χ1v) is 13.9. The smallest absolute Gasteiger partial charge is 0.239 e. The molecule has 0 radical (unpaired) electrons. The fourth-order valence-corrected chi connectivity index (χ4v) is 7.41. The second-order valence-corrected chi connectivity index (χ2v) is 11.8. The molecule has 186 valence electrons. The lowest BCUT2D eigenvalue weighted by molar-refractivity contribution is -0.122. The fourth-order valence-electron chi connectivity index (χ4n) is 7.05. The molecule has 0 unspecified atom stereocenters. The minimum atomic E-state index is -0.851. The number of amides is 2. The molecule has 2 amide bonds. The molecule has 4 aromatic carbocycles. The fraction of sp³-hybridized carbons (Fsp3) is 0.182. The van der Waals surface area contributed by atoms with Crippen molar-refractivity contribution >= 4 is 52.0 Å². The molecule has 5 heteroatoms. The average Bonchev–Trinajstić information content (AvgIpc) is 3.19. The quantitative estimate of drug-likeness (QED) is 0.145. The number of imide groups is 1. The summed E-state index contributed by atoms with van der Waals surface area (Å²) in [5.41, 5.74) is 7.05. The number of carbonyl (C=O) groups excluding carboxylic acids is 2. The Labute approximate surface area is 235 Å². The van der Waals surface area contributed by atoms with Gasteiger partial charge in [-0.3, -0.25) is 14.6 Å². The van der Waals surface area contributed by atoms with Crippen molar-refractivity contribution in [2.45, 2.75) is 25.2 Å². The van der Waals surface area contributed by atoms with Crippen LogP contribution in [0.25, 0.3) is 0 Å². The molecule has 1 aliphatic heterocycles. The van der Waals surface area contributed by atoms with Gasteiger partial charge >= 0.3 is 0 Å². The molecule has 0 aromatic heterocycles. The van der Waals surface area contributed by atoms with E-state index in [0.29, 0.717) is 5.69 Å². The molecule has 0 spiro atoms. The largest absolute Gasteiger partial charge is 0.274 e. The van der Waals surface area contributed by atoms with Crippen LogP contribution in [0.4, 0.5) is 11.4 Å². The first-order valence-electron chi connectivity index (χ1n) is 12.9. The summed E-state index contributed by atoms with van der Waals surface area (Å²) in [7, 11) is 0. The number of hydrogen-bond donors (Lipinski definition) is 0. The van der Waals surface area contributed by atoms with E-state index in [0.717, 1.165) is 42.6 Å². The Morgan fingerprint density at radius 1 is 0.816 bits per heavy atom. The lowest BCUT2D eigenvalue weighted by Crippen LogP contribution is -2.54. The van der Waals surface area contributed by atoms with Crippen LogP contribution in [0.3, 0.4) is 0 Å². The summed E-state index contributed by atoms with van der Waals surface area (Å²) in [4.78, 5) is 35.2. The molecule has 38 heavy (non-hydrogen) atoms. The van der Waals surface area contributed by atoms with E-state index in [9.17, 15) is 9.59 Å². The van der Waals surface area contributed by atoms with Crippen LogP contribution < -0.4 is 4.90 Å². The van der Waals surface area contributed by atoms with Gasteiger partial charge < -0.3 is 0 Å². The molecule has 8 rings (SSSR count). The minimum Gasteiger partial charge on any atom is -0.274 e. The number of hydrogen-bond acceptors (Lipinski definition) is 3. The number of rotatable bonds is 3. The third-order valence-electron chi connectivity index (χ3n) is 8.52. The molecular weight excluding hydrogens is 583 g/mol. The van der Waals surface area contributed by atoms with Gasteiger partial charge in [0.05, 0.1) is 28.6 Å². The number of halogens is 1. The lowest BCUT2D eigenvalue weighted by Gasteiger charge is -2.52. The maximum Gasteiger partial charge on any atom is 0.239 e. The summed E-state index contributed by atoms with van der Waals surface area (Å²) in [6.45, 7) is 3.99. The van der Waals surface area contributed by atoms with Crippen LogP contribution in [0.1, 0.15) is 39.3 Å². The van der Waals surface area contributed by atoms with E-state index in [2.05, 4.69) is 46.9 Å². The highest BCUT2D eigenvalue weighted by molar-refractivity contribution is 14.1. The molecule has 0 N–H and O–H groups in total. The molecule has 1 heterocycles. The SMILES string of the molecule is Cc1ccc(N2C(=O)[C@@H]3[C@@H](C2=O)C2c4ccccc4C3(C=Nc3ccc(I)cc3)c3ccccc32)c(C)c1. The van der Waals surface area contributed by atoms with E-state index in [4.69, 9.17) is 4.99 Å². The van der Waals surface area contributed by atoms with E-state index in [-0.39, 0.29) is 17.7 Å². The molecular formula is C33H25IN2O2. The van der Waals surface area contributed by atoms with Gasteiger partial charge in [-0.05, 0) is 94.6 Å². The summed E-state index contributed by atoms with van der Waals surface area (Å²) in [5.74, 6) is -1.49. The van der Waals surface area contributed by atoms with E-state index in [1.807, 2.05) is 86.8 Å². The monoisotopic (exact) mass is 608 g/mol. The van der Waals surface area contributed by atoms with E-state index < -0.39 is 17.3 Å². The maximum atomic E-state index is 14.5. The Hall–Kier alpha value is -3.58. The van der Waals surface area contributed by atoms with E-state index >= 15 is 0 Å². The molecule has 0 saturated carbocycles. The first-order chi connectivity index (χ1) is 18.4. The van der Waals surface area contributed by atoms with Crippen LogP contribution in [-0.2, 0) is 15.0 Å². The molecule has 4 aromatic rings. The third kappa shape index (κ3) is 3.11. The Bertz CT molecular complexity index is 1630. The molecule has 1 fully saturated rings. The summed E-state index contributed by atoms with van der Waals surface area (Å²) >= 11 is 2.28. The summed E-state index contributed by atoms with van der Waals surface area (Å²) in [5, 5.41) is 0. The minimum absolute atomic E-state index is 0.118. The van der Waals surface area contributed by atoms with Crippen LogP contribution in [0.5, 0.6) is 0 Å². The van der Waals surface area contributed by atoms with Gasteiger partial charge in [0.2, 0.25) is 11.8 Å². The molecule has 4 nitrogen and oxygen atoms in total. The number of anilines is 1. The zero-order valence-electron chi connectivity index (χ0n) is 21.1. The van der Waals surface area contributed by atoms with Gasteiger partial charge in [0.15, 0.2) is 0 Å². The van der Waals surface area contributed by atoms with Gasteiger partial charge in [-0.15, -0.1) is 0 Å². The predicted octanol–water partition coefficient (Wildman–Crippen LogP) is 6.86. The van der Waals surface area contributed by atoms with Gasteiger partial charge in [-0.2, -0.15) is 0 Å². The number of aryl methyl sites for hydroxylation is 2. The van der Waals surface area contributed by atoms with Crippen molar-refractivity contribution in [2.24, 2.45) is 16.8 Å². The van der Waals surface area contributed by atoms with Crippen molar-refractivity contribution in [3.8, 4) is 0 Å². The average molecular weight is 608 g/mol. The Morgan fingerprint density at radius 3 is 2.08 bits per heavy atom. The summed E-state index contributed by atoms with van der Waals surface area (Å²) < 4.78 is 1.13. The van der Waals surface area contributed by atoms with E-state index in [1.54, 1.807) is 0 Å². The molecule has 1 saturated heterocycles. The highest BCUT2D eigenvalue weighted by atomic mass is 127. The Balaban J connectivity index is 1.50. The van der Waals surface area contributed by atoms with Crippen LogP contribution in [0, 0.1) is 29.3 Å². The van der Waals surface area contributed by atoms with Crippen molar-refractivity contribution in [1.82, 2.24) is 0 Å². The van der Waals surface area contributed by atoms with Gasteiger partial charge in [0, 0.05) is 15.7 Å². The molecule has 2 atom stereocenters. The van der Waals surface area contributed by atoms with Gasteiger partial charge in [-0.1, -0.05) is 66.2 Å². The number of nitrogens with zero attached hydrogens (tertiary/aromatic N) is 2. The summed E-state index contributed by atoms with van der Waals surface area (Å²) in [6, 6.07) is 30.5. The highest BCUT2D eigenvalue weighted by Crippen LogP contribution is 2.63. The zero-order valence-corrected chi connectivity index (χ0v) is 23.2. The lowest BCUT2D eigenvalue weighted by atomic mass is 9.47. The molecule has 3 aliphatic carbocycles. The second kappa shape index (κ2) is 8.46. The van der Waals surface area contributed by atoms with Crippen LogP contribution in [-0.4, -0.2) is 18.0 Å². The van der Waals surface area contributed by atoms with Crippen molar-refractivity contribution in [3.05, 3.63) is 128 Å². The van der Waals surface area contributed by atoms with Gasteiger partial charge in [0.1, 0.15) is 0 Å². The number of aliphatic imine (C=N–C) groups is 1. The maximum absolute atomic E-state index is 14.5. The standard InChI is InChI=1S/C33H25IN2O2/c1-19-11-16-27(20(2)17-19)36-31(37)29-28-23-7-3-5-9-25(23)33(30(29)32(36)38,26-10-6-4-8-24(26)28)18-35-22-14-12-21(34)13-15-22/h3-18,28-30H,1-2H3/t28?,29-,30-,33?/m0/s1. The normalized spacial score (nSPS) is 25.0. The van der Waals surface area contributed by atoms with Crippen LogP contribution >= 0.6 is 22.6 Å². The van der Waals surface area contributed by atoms with Gasteiger partial charge in [-0.25, -0.2) is 4.90 Å². The van der Waals surface area contributed by atoms with E-state index in [1.165, 1.54) is 4.90 Å². The second-order valence-electron chi connectivity index (χ2n) is 10.6. The Kier molecular flexibility index (Phi) is 5.24. The first kappa shape index (κ1) is 23.5. The van der Waals surface area contributed by atoms with Crippen LogP contribution in [0.15, 0.2) is 96.0 Å². The zero-order chi connectivity index (χ0) is 26.2. The Morgan fingerprint density at radius 2 is 1.45 bits per heavy atom. The number of carbonyl (C=O) groups is 2. The van der Waals surface area contributed by atoms with Crippen molar-refractivity contribution < 1.29 is 9.59 Å². The molecule has 2 bridgehead atoms. The van der Waals surface area contributed by atoms with Crippen molar-refractivity contribution in [3.63, 3.8) is 0 Å². The topological polar surface area (TPSA) is 49.7 Å². The highest BCUT2D eigenvalue weighted by Gasteiger charge is 2.68. The van der Waals surface area contributed by atoms with Crippen molar-refractivity contribution in [2.75, 3.05) is 4.90 Å². The van der Waals surface area contributed by atoms with Crippen LogP contribution in [0.2, 0.25) is 0 Å². The predicted molar refractivity (Wildman–Crippen MR) is 158 cm³/mol. The third-order valence-corrected chi connectivity index (χ3v) is 9.24. The number of benzene rings is 4. The molecule has 4 aliphatic rings. The van der Waals surface area contributed by atoms with Crippen molar-refractivity contribution in [1.29, 1.82) is 0 Å².